The van der Waals surface area contributed by atoms with Gasteiger partial charge in [0, 0.05) is 21.5 Å². The van der Waals surface area contributed by atoms with Crippen molar-refractivity contribution < 1.29 is 9.53 Å². The van der Waals surface area contributed by atoms with E-state index < -0.39 is 12.1 Å². The lowest BCUT2D eigenvalue weighted by atomic mass is 10.1. The van der Waals surface area contributed by atoms with Gasteiger partial charge in [0.25, 0.3) is 5.56 Å². The minimum atomic E-state index is -0.477. The highest BCUT2D eigenvalue weighted by Crippen LogP contribution is 2.24. The fourth-order valence-corrected chi connectivity index (χ4v) is 3.61. The van der Waals surface area contributed by atoms with Gasteiger partial charge >= 0.3 is 6.09 Å². The van der Waals surface area contributed by atoms with E-state index in [-0.39, 0.29) is 23.5 Å². The number of amides is 1. The molecular weight excluding hydrogens is 408 g/mol. The number of aryl methyl sites for hydroxylation is 1. The summed E-state index contributed by atoms with van der Waals surface area (Å²) in [6.45, 7) is 5.81. The summed E-state index contributed by atoms with van der Waals surface area (Å²) >= 11 is 6.08. The van der Waals surface area contributed by atoms with Crippen LogP contribution in [0.4, 0.5) is 16.7 Å². The fraction of sp³-hybridized carbons (Fsp3) is 0.350. The topological polar surface area (TPSA) is 113 Å². The van der Waals surface area contributed by atoms with Gasteiger partial charge in [0.15, 0.2) is 0 Å². The number of benzene rings is 1. The number of nitrogens with one attached hydrogen (secondary N) is 2. The molecule has 3 heterocycles. The molecule has 0 spiro atoms. The molecule has 1 aromatic carbocycles. The van der Waals surface area contributed by atoms with Crippen molar-refractivity contribution in [1.29, 1.82) is 0 Å². The van der Waals surface area contributed by atoms with Crippen LogP contribution in [0.5, 0.6) is 0 Å². The van der Waals surface area contributed by atoms with Crippen LogP contribution < -0.4 is 15.8 Å². The van der Waals surface area contributed by atoms with Crippen LogP contribution in [-0.4, -0.2) is 38.7 Å². The van der Waals surface area contributed by atoms with E-state index in [1.165, 1.54) is 4.90 Å². The number of fused-ring (bicyclic) bond motifs is 1. The molecule has 0 saturated carbocycles. The predicted molar refractivity (Wildman–Crippen MR) is 114 cm³/mol. The van der Waals surface area contributed by atoms with E-state index in [0.29, 0.717) is 35.0 Å². The Morgan fingerprint density at radius 2 is 2.10 bits per heavy atom. The minimum Gasteiger partial charge on any atom is -0.447 e. The molecular formula is C20H21ClN6O3. The lowest BCUT2D eigenvalue weighted by Crippen LogP contribution is -2.35. The number of aromatic nitrogens is 4. The summed E-state index contributed by atoms with van der Waals surface area (Å²) in [5.74, 6) is 0.944. The van der Waals surface area contributed by atoms with Crippen molar-refractivity contribution in [2.45, 2.75) is 39.3 Å². The number of rotatable bonds is 5. The molecule has 0 unspecified atom stereocenters. The summed E-state index contributed by atoms with van der Waals surface area (Å²) in [5, 5.41) is 4.54. The van der Waals surface area contributed by atoms with Gasteiger partial charge in [-0.3, -0.25) is 4.79 Å². The van der Waals surface area contributed by atoms with Crippen molar-refractivity contribution >= 4 is 40.5 Å². The second-order valence-corrected chi connectivity index (χ2v) is 7.60. The van der Waals surface area contributed by atoms with Crippen LogP contribution in [-0.2, 0) is 4.74 Å². The Bertz CT molecular complexity index is 1180. The predicted octanol–water partition coefficient (Wildman–Crippen LogP) is 3.58. The third-order valence-corrected chi connectivity index (χ3v) is 5.27. The Morgan fingerprint density at radius 1 is 1.30 bits per heavy atom. The molecule has 3 aromatic rings. The van der Waals surface area contributed by atoms with Gasteiger partial charge in [-0.25, -0.2) is 9.69 Å². The average molecular weight is 429 g/mol. The number of hydrogen-bond donors (Lipinski definition) is 2. The highest BCUT2D eigenvalue weighted by atomic mass is 35.5. The molecule has 9 nitrogen and oxygen atoms in total. The molecule has 1 aliphatic rings. The number of hydrogen-bond acceptors (Lipinski definition) is 7. The maximum atomic E-state index is 12.6. The van der Waals surface area contributed by atoms with Crippen LogP contribution in [0, 0.1) is 6.92 Å². The highest BCUT2D eigenvalue weighted by Gasteiger charge is 2.35. The Morgan fingerprint density at radius 3 is 2.87 bits per heavy atom. The Balaban J connectivity index is 1.65. The third kappa shape index (κ3) is 3.80. The summed E-state index contributed by atoms with van der Waals surface area (Å²) in [4.78, 5) is 42.0. The smallest absolute Gasteiger partial charge is 0.417 e. The molecule has 0 aliphatic carbocycles. The second kappa shape index (κ2) is 7.91. The van der Waals surface area contributed by atoms with Crippen LogP contribution >= 0.6 is 11.6 Å². The van der Waals surface area contributed by atoms with Gasteiger partial charge in [0.1, 0.15) is 12.4 Å². The Hall–Kier alpha value is -3.20. The zero-order chi connectivity index (χ0) is 21.4. The number of nitrogens with zero attached hydrogens (tertiary/aromatic N) is 4. The van der Waals surface area contributed by atoms with E-state index in [4.69, 9.17) is 16.3 Å². The van der Waals surface area contributed by atoms with E-state index >= 15 is 0 Å². The van der Waals surface area contributed by atoms with Gasteiger partial charge < -0.3 is 15.0 Å². The molecule has 2 aromatic heterocycles. The van der Waals surface area contributed by atoms with E-state index in [0.717, 1.165) is 5.39 Å². The number of halogens is 1. The van der Waals surface area contributed by atoms with Gasteiger partial charge in [0.2, 0.25) is 11.9 Å². The number of aromatic amines is 1. The molecule has 1 fully saturated rings. The number of cyclic esters (lactones) is 1. The highest BCUT2D eigenvalue weighted by molar-refractivity contribution is 6.31. The zero-order valence-electron chi connectivity index (χ0n) is 16.8. The first kappa shape index (κ1) is 20.1. The van der Waals surface area contributed by atoms with Crippen LogP contribution in [0.1, 0.15) is 37.7 Å². The molecule has 0 bridgehead atoms. The Labute approximate surface area is 177 Å². The summed E-state index contributed by atoms with van der Waals surface area (Å²) in [7, 11) is 0. The maximum Gasteiger partial charge on any atom is 0.417 e. The summed E-state index contributed by atoms with van der Waals surface area (Å²) in [5.41, 5.74) is 0.998. The van der Waals surface area contributed by atoms with Gasteiger partial charge in [-0.05, 0) is 44.5 Å². The molecule has 156 valence electrons. The van der Waals surface area contributed by atoms with Crippen LogP contribution in [0.2, 0.25) is 5.02 Å². The van der Waals surface area contributed by atoms with Crippen LogP contribution in [0.15, 0.2) is 29.1 Å². The molecule has 1 saturated heterocycles. The quantitative estimate of drug-likeness (QED) is 0.638. The van der Waals surface area contributed by atoms with Gasteiger partial charge in [0.05, 0.1) is 12.1 Å². The van der Waals surface area contributed by atoms with Crippen molar-refractivity contribution in [2.75, 3.05) is 16.8 Å². The van der Waals surface area contributed by atoms with E-state index in [2.05, 4.69) is 25.3 Å². The Kier molecular flexibility index (Phi) is 5.29. The van der Waals surface area contributed by atoms with Crippen molar-refractivity contribution in [3.05, 3.63) is 51.0 Å². The van der Waals surface area contributed by atoms with Gasteiger partial charge in [-0.1, -0.05) is 18.5 Å². The average Bonchev–Trinajstić information content (AvgIpc) is 3.07. The number of carbonyl (C=O) groups excluding carboxylic acids is 1. The third-order valence-electron chi connectivity index (χ3n) is 5.03. The minimum absolute atomic E-state index is 0.127. The van der Waals surface area contributed by atoms with Crippen LogP contribution in [0.25, 0.3) is 10.9 Å². The molecule has 4 rings (SSSR count). The first-order valence-corrected chi connectivity index (χ1v) is 10.0. The van der Waals surface area contributed by atoms with E-state index in [1.54, 1.807) is 31.2 Å². The number of H-pyrrole nitrogens is 1. The standard InChI is InChI=1S/C20H21ClN6O3/c1-4-14-9-30-20(29)27(14)19-24-11(3)23-18(26-19)22-10(2)15-8-12-7-13(21)5-6-16(12)25-17(15)28/h5-8,10,14H,4,9H2,1-3H3,(H,25,28)(H,22,23,24,26)/t10-,14-/m0/s1. The molecule has 1 amide bonds. The van der Waals surface area contributed by atoms with E-state index in [9.17, 15) is 9.59 Å². The first-order valence-electron chi connectivity index (χ1n) is 9.63. The summed E-state index contributed by atoms with van der Waals surface area (Å²) in [6, 6.07) is 6.54. The number of carbonyl (C=O) groups is 1. The van der Waals surface area contributed by atoms with Crippen molar-refractivity contribution in [3.63, 3.8) is 0 Å². The lowest BCUT2D eigenvalue weighted by molar-refractivity contribution is 0.178. The molecule has 30 heavy (non-hydrogen) atoms. The SMILES string of the molecule is CC[C@H]1COC(=O)N1c1nc(C)nc(N[C@@H](C)c2cc3cc(Cl)ccc3[nH]c2=O)n1. The van der Waals surface area contributed by atoms with Crippen molar-refractivity contribution in [3.8, 4) is 0 Å². The van der Waals surface area contributed by atoms with Gasteiger partial charge in [-0.15, -0.1) is 0 Å². The molecule has 0 radical (unpaired) electrons. The lowest BCUT2D eigenvalue weighted by Gasteiger charge is -2.20. The van der Waals surface area contributed by atoms with Crippen LogP contribution in [0.3, 0.4) is 0 Å². The number of ether oxygens (including phenoxy) is 1. The van der Waals surface area contributed by atoms with E-state index in [1.807, 2.05) is 13.8 Å². The molecule has 10 heteroatoms. The van der Waals surface area contributed by atoms with Crippen molar-refractivity contribution in [2.24, 2.45) is 0 Å². The van der Waals surface area contributed by atoms with Gasteiger partial charge in [-0.2, -0.15) is 15.0 Å². The summed E-state index contributed by atoms with van der Waals surface area (Å²) < 4.78 is 5.13. The largest absolute Gasteiger partial charge is 0.447 e. The van der Waals surface area contributed by atoms with Crippen molar-refractivity contribution in [1.82, 2.24) is 19.9 Å². The summed E-state index contributed by atoms with van der Waals surface area (Å²) in [6.07, 6.45) is 0.235. The fourth-order valence-electron chi connectivity index (χ4n) is 3.43. The maximum absolute atomic E-state index is 12.6. The zero-order valence-corrected chi connectivity index (χ0v) is 17.5. The molecule has 1 aliphatic heterocycles. The number of anilines is 2. The molecule has 2 N–H and O–H groups in total. The normalized spacial score (nSPS) is 17.3. The number of pyridine rings is 1. The molecule has 2 atom stereocenters. The second-order valence-electron chi connectivity index (χ2n) is 7.17. The first-order chi connectivity index (χ1) is 14.4. The monoisotopic (exact) mass is 428 g/mol.